The van der Waals surface area contributed by atoms with E-state index >= 15 is 0 Å². The number of halogens is 3. The molecule has 2 heterocycles. The molecule has 3 rings (SSSR count). The van der Waals surface area contributed by atoms with E-state index in [-0.39, 0.29) is 44.0 Å². The van der Waals surface area contributed by atoms with Gasteiger partial charge in [0.05, 0.1) is 25.4 Å². The van der Waals surface area contributed by atoms with Gasteiger partial charge in [0.25, 0.3) is 0 Å². The van der Waals surface area contributed by atoms with E-state index < -0.39 is 42.2 Å². The van der Waals surface area contributed by atoms with Crippen LogP contribution in [0.3, 0.4) is 0 Å². The molecule has 0 bridgehead atoms. The van der Waals surface area contributed by atoms with Gasteiger partial charge < -0.3 is 29.6 Å². The molecule has 2 aromatic rings. The molecule has 0 saturated carbocycles. The SMILES string of the molecule is Cc1nc(COC[C@@H](F)CCCCN2C[C@H](O)[C@@H](O)[C@H](O)[C@@H](O)C2)c(-c2cc(F)cc(F)c2)o1. The summed E-state index contributed by atoms with van der Waals surface area (Å²) in [4.78, 5) is 5.88. The summed E-state index contributed by atoms with van der Waals surface area (Å²) in [6.45, 7) is 1.98. The van der Waals surface area contributed by atoms with Gasteiger partial charge in [-0.25, -0.2) is 18.2 Å². The first-order chi connectivity index (χ1) is 16.1. The Morgan fingerprint density at radius 3 is 2.29 bits per heavy atom. The van der Waals surface area contributed by atoms with Gasteiger partial charge in [-0.1, -0.05) is 0 Å². The summed E-state index contributed by atoms with van der Waals surface area (Å²) in [5.41, 5.74) is 0.495. The number of unbranched alkanes of at least 4 members (excludes halogenated alkanes) is 1. The Morgan fingerprint density at radius 2 is 1.68 bits per heavy atom. The third-order valence-corrected chi connectivity index (χ3v) is 5.74. The normalized spacial score (nSPS) is 24.8. The maximum atomic E-state index is 14.3. The Labute approximate surface area is 195 Å². The number of aromatic nitrogens is 1. The van der Waals surface area contributed by atoms with Crippen LogP contribution in [-0.2, 0) is 11.3 Å². The summed E-state index contributed by atoms with van der Waals surface area (Å²) < 4.78 is 52.2. The second-order valence-electron chi connectivity index (χ2n) is 8.65. The van der Waals surface area contributed by atoms with Gasteiger partial charge in [-0.2, -0.15) is 0 Å². The Bertz CT molecular complexity index is 894. The van der Waals surface area contributed by atoms with Crippen LogP contribution in [0.1, 0.15) is 30.8 Å². The highest BCUT2D eigenvalue weighted by molar-refractivity contribution is 5.60. The molecule has 1 aliphatic rings. The largest absolute Gasteiger partial charge is 0.441 e. The molecule has 1 aromatic heterocycles. The minimum atomic E-state index is -1.42. The molecule has 1 fully saturated rings. The molecule has 0 spiro atoms. The summed E-state index contributed by atoms with van der Waals surface area (Å²) in [7, 11) is 0. The number of likely N-dealkylation sites (tertiary alicyclic amines) is 1. The summed E-state index contributed by atoms with van der Waals surface area (Å²) in [6, 6.07) is 2.99. The second kappa shape index (κ2) is 12.1. The average Bonchev–Trinajstić information content (AvgIpc) is 3.11. The molecule has 190 valence electrons. The highest BCUT2D eigenvalue weighted by atomic mass is 19.1. The number of benzene rings is 1. The van der Waals surface area contributed by atoms with Crippen molar-refractivity contribution in [2.45, 2.75) is 63.4 Å². The number of hydrogen-bond acceptors (Lipinski definition) is 8. The van der Waals surface area contributed by atoms with Crippen LogP contribution in [0.25, 0.3) is 11.3 Å². The van der Waals surface area contributed by atoms with Gasteiger partial charge >= 0.3 is 0 Å². The maximum absolute atomic E-state index is 14.3. The molecule has 1 aromatic carbocycles. The van der Waals surface area contributed by atoms with Crippen molar-refractivity contribution in [1.29, 1.82) is 0 Å². The Hall–Kier alpha value is -2.02. The van der Waals surface area contributed by atoms with E-state index in [2.05, 4.69) is 4.98 Å². The number of β-amino-alcohol motifs (C(OH)–C–C–N with tert-alkyl or cyclic N) is 2. The number of alkyl halides is 1. The Morgan fingerprint density at radius 1 is 1.06 bits per heavy atom. The van der Waals surface area contributed by atoms with Crippen molar-refractivity contribution in [3.8, 4) is 11.3 Å². The van der Waals surface area contributed by atoms with Crippen LogP contribution in [-0.4, -0.2) is 87.1 Å². The molecule has 0 unspecified atom stereocenters. The predicted molar refractivity (Wildman–Crippen MR) is 115 cm³/mol. The number of nitrogens with zero attached hydrogens (tertiary/aromatic N) is 2. The lowest BCUT2D eigenvalue weighted by molar-refractivity contribution is -0.0894. The number of aliphatic hydroxyl groups excluding tert-OH is 4. The van der Waals surface area contributed by atoms with Crippen molar-refractivity contribution >= 4 is 0 Å². The van der Waals surface area contributed by atoms with E-state index in [0.29, 0.717) is 31.0 Å². The van der Waals surface area contributed by atoms with E-state index in [1.807, 2.05) is 0 Å². The van der Waals surface area contributed by atoms with Gasteiger partial charge in [0.15, 0.2) is 11.7 Å². The first kappa shape index (κ1) is 26.6. The fraction of sp³-hybridized carbons (Fsp3) is 0.609. The summed E-state index contributed by atoms with van der Waals surface area (Å²) >= 11 is 0. The van der Waals surface area contributed by atoms with Crippen molar-refractivity contribution < 1.29 is 42.8 Å². The van der Waals surface area contributed by atoms with Gasteiger partial charge in [-0.3, -0.25) is 4.90 Å². The van der Waals surface area contributed by atoms with Crippen LogP contribution < -0.4 is 0 Å². The zero-order valence-corrected chi connectivity index (χ0v) is 18.9. The highest BCUT2D eigenvalue weighted by Crippen LogP contribution is 2.27. The van der Waals surface area contributed by atoms with Crippen LogP contribution in [0.4, 0.5) is 13.2 Å². The summed E-state index contributed by atoms with van der Waals surface area (Å²) in [5.74, 6) is -1.05. The van der Waals surface area contributed by atoms with Crippen molar-refractivity contribution in [2.75, 3.05) is 26.2 Å². The molecule has 1 aliphatic heterocycles. The number of hydrogen-bond donors (Lipinski definition) is 4. The van der Waals surface area contributed by atoms with Gasteiger partial charge in [0, 0.05) is 31.6 Å². The molecular formula is C23H31F3N2O6. The lowest BCUT2D eigenvalue weighted by atomic mass is 10.1. The zero-order valence-electron chi connectivity index (χ0n) is 18.9. The van der Waals surface area contributed by atoms with E-state index in [1.54, 1.807) is 11.8 Å². The average molecular weight is 489 g/mol. The van der Waals surface area contributed by atoms with Gasteiger partial charge in [-0.05, 0) is 37.9 Å². The summed E-state index contributed by atoms with van der Waals surface area (Å²) in [5, 5.41) is 39.2. The molecule has 11 heteroatoms. The third kappa shape index (κ3) is 7.24. The monoisotopic (exact) mass is 488 g/mol. The minimum absolute atomic E-state index is 0.0839. The van der Waals surface area contributed by atoms with E-state index in [1.165, 1.54) is 0 Å². The smallest absolute Gasteiger partial charge is 0.192 e. The molecular weight excluding hydrogens is 457 g/mol. The van der Waals surface area contributed by atoms with Gasteiger partial charge in [-0.15, -0.1) is 0 Å². The number of rotatable bonds is 10. The second-order valence-corrected chi connectivity index (χ2v) is 8.65. The topological polar surface area (TPSA) is 119 Å². The quantitative estimate of drug-likeness (QED) is 0.373. The Balaban J connectivity index is 1.41. The van der Waals surface area contributed by atoms with Crippen LogP contribution in [0, 0.1) is 18.6 Å². The molecule has 0 amide bonds. The number of aryl methyl sites for hydroxylation is 1. The minimum Gasteiger partial charge on any atom is -0.441 e. The maximum Gasteiger partial charge on any atom is 0.192 e. The Kier molecular flexibility index (Phi) is 9.46. The molecule has 34 heavy (non-hydrogen) atoms. The van der Waals surface area contributed by atoms with Gasteiger partial charge in [0.1, 0.15) is 35.7 Å². The predicted octanol–water partition coefficient (Wildman–Crippen LogP) is 1.71. The lowest BCUT2D eigenvalue weighted by Gasteiger charge is -2.23. The van der Waals surface area contributed by atoms with Crippen LogP contribution in [0.5, 0.6) is 0 Å². The van der Waals surface area contributed by atoms with Crippen molar-refractivity contribution in [3.05, 3.63) is 41.4 Å². The fourth-order valence-electron chi connectivity index (χ4n) is 4.00. The molecule has 5 atom stereocenters. The summed E-state index contributed by atoms with van der Waals surface area (Å²) in [6.07, 6.45) is -5.09. The van der Waals surface area contributed by atoms with Crippen LogP contribution in [0.2, 0.25) is 0 Å². The first-order valence-corrected chi connectivity index (χ1v) is 11.2. The van der Waals surface area contributed by atoms with Crippen molar-refractivity contribution in [1.82, 2.24) is 9.88 Å². The number of aliphatic hydroxyl groups is 4. The van der Waals surface area contributed by atoms with Gasteiger partial charge in [0.2, 0.25) is 0 Å². The van der Waals surface area contributed by atoms with E-state index in [9.17, 15) is 33.6 Å². The lowest BCUT2D eigenvalue weighted by Crippen LogP contribution is -2.43. The molecule has 0 radical (unpaired) electrons. The molecule has 8 nitrogen and oxygen atoms in total. The molecule has 0 aliphatic carbocycles. The number of oxazole rings is 1. The van der Waals surface area contributed by atoms with Crippen LogP contribution >= 0.6 is 0 Å². The number of ether oxygens (including phenoxy) is 1. The zero-order chi connectivity index (χ0) is 24.8. The third-order valence-electron chi connectivity index (χ3n) is 5.74. The van der Waals surface area contributed by atoms with Crippen LogP contribution in [0.15, 0.2) is 22.6 Å². The van der Waals surface area contributed by atoms with E-state index in [4.69, 9.17) is 9.15 Å². The fourth-order valence-corrected chi connectivity index (χ4v) is 4.00. The van der Waals surface area contributed by atoms with Crippen molar-refractivity contribution in [3.63, 3.8) is 0 Å². The standard InChI is InChI=1S/C23H31F3N2O6/c1-13-27-18(23(34-13)14-6-16(25)8-17(26)7-14)12-33-11-15(24)4-2-3-5-28-9-19(29)21(31)22(32)20(30)10-28/h6-8,15,19-22,29-32H,2-5,9-12H2,1H3/t15-,19-,20-,21+,22+/m0/s1. The highest BCUT2D eigenvalue weighted by Gasteiger charge is 2.35. The van der Waals surface area contributed by atoms with E-state index in [0.717, 1.165) is 18.2 Å². The first-order valence-electron chi connectivity index (χ1n) is 11.2. The van der Waals surface area contributed by atoms with Crippen molar-refractivity contribution in [2.24, 2.45) is 0 Å². The molecule has 1 saturated heterocycles. The molecule has 4 N–H and O–H groups in total.